The topological polar surface area (TPSA) is 75.7 Å². The molecule has 26 heavy (non-hydrogen) atoms. The average molecular weight is 423 g/mol. The number of nitrogens with one attached hydrogen (secondary N) is 1. The van der Waals surface area contributed by atoms with Crippen molar-refractivity contribution >= 4 is 39.4 Å². The van der Waals surface area contributed by atoms with Gasteiger partial charge in [0.05, 0.1) is 5.56 Å². The zero-order valence-electron chi connectivity index (χ0n) is 14.1. The highest BCUT2D eigenvalue weighted by atomic mass is 79.9. The van der Waals surface area contributed by atoms with Gasteiger partial charge in [-0.15, -0.1) is 0 Å². The van der Waals surface area contributed by atoms with Crippen LogP contribution in [0.1, 0.15) is 20.7 Å². The Morgan fingerprint density at radius 3 is 2.35 bits per heavy atom. The second-order valence-electron chi connectivity index (χ2n) is 5.53. The van der Waals surface area contributed by atoms with Gasteiger partial charge in [0.2, 0.25) is 0 Å². The maximum Gasteiger partial charge on any atom is 0.339 e. The molecule has 2 aromatic carbocycles. The first-order valence-electron chi connectivity index (χ1n) is 7.51. The van der Waals surface area contributed by atoms with Crippen LogP contribution in [0.2, 0.25) is 0 Å². The molecule has 0 aliphatic carbocycles. The number of amides is 2. The number of carbonyl (C=O) groups excluding carboxylic acids is 3. The molecule has 2 rings (SSSR count). The van der Waals surface area contributed by atoms with E-state index in [0.717, 1.165) is 12.1 Å². The normalized spacial score (nSPS) is 10.2. The summed E-state index contributed by atoms with van der Waals surface area (Å²) in [5.41, 5.74) is 1.07. The standard InChI is InChI=1S/C18H16BrFN2O4/c1-22(2)17(24)11-3-6-13(7-4-11)21-16(23)10-26-18(25)14-8-5-12(20)9-15(14)19/h3-9H,10H2,1-2H3,(H,21,23). The molecule has 0 radical (unpaired) electrons. The van der Waals surface area contributed by atoms with Gasteiger partial charge in [0, 0.05) is 29.8 Å². The molecule has 0 spiro atoms. The fourth-order valence-corrected chi connectivity index (χ4v) is 2.53. The van der Waals surface area contributed by atoms with Crippen LogP contribution in [0.5, 0.6) is 0 Å². The first-order valence-corrected chi connectivity index (χ1v) is 8.31. The number of rotatable bonds is 5. The van der Waals surface area contributed by atoms with E-state index in [1.807, 2.05) is 0 Å². The van der Waals surface area contributed by atoms with E-state index in [0.29, 0.717) is 11.3 Å². The van der Waals surface area contributed by atoms with Crippen molar-refractivity contribution in [3.05, 3.63) is 63.9 Å². The third-order valence-corrected chi connectivity index (χ3v) is 3.96. The van der Waals surface area contributed by atoms with Crippen LogP contribution in [0.3, 0.4) is 0 Å². The lowest BCUT2D eigenvalue weighted by Crippen LogP contribution is -2.22. The number of ether oxygens (including phenoxy) is 1. The fraction of sp³-hybridized carbons (Fsp3) is 0.167. The molecule has 0 aliphatic rings. The molecule has 0 bridgehead atoms. The first-order chi connectivity index (χ1) is 12.3. The number of halogens is 2. The van der Waals surface area contributed by atoms with Crippen molar-refractivity contribution in [3.8, 4) is 0 Å². The Morgan fingerprint density at radius 1 is 1.12 bits per heavy atom. The van der Waals surface area contributed by atoms with E-state index in [-0.39, 0.29) is 15.9 Å². The number of benzene rings is 2. The van der Waals surface area contributed by atoms with Crippen molar-refractivity contribution in [2.24, 2.45) is 0 Å². The van der Waals surface area contributed by atoms with Gasteiger partial charge in [-0.1, -0.05) is 0 Å². The number of anilines is 1. The number of nitrogens with zero attached hydrogens (tertiary/aromatic N) is 1. The number of hydrogen-bond donors (Lipinski definition) is 1. The van der Waals surface area contributed by atoms with Gasteiger partial charge in [0.1, 0.15) is 5.82 Å². The summed E-state index contributed by atoms with van der Waals surface area (Å²) < 4.78 is 18.2. The lowest BCUT2D eigenvalue weighted by Gasteiger charge is -2.11. The Balaban J connectivity index is 1.90. The molecule has 0 saturated carbocycles. The lowest BCUT2D eigenvalue weighted by molar-refractivity contribution is -0.119. The molecular formula is C18H16BrFN2O4. The lowest BCUT2D eigenvalue weighted by atomic mass is 10.2. The van der Waals surface area contributed by atoms with Gasteiger partial charge in [-0.25, -0.2) is 9.18 Å². The highest BCUT2D eigenvalue weighted by molar-refractivity contribution is 9.10. The van der Waals surface area contributed by atoms with E-state index in [4.69, 9.17) is 4.74 Å². The summed E-state index contributed by atoms with van der Waals surface area (Å²) in [6.07, 6.45) is 0. The molecule has 1 N–H and O–H groups in total. The van der Waals surface area contributed by atoms with E-state index in [9.17, 15) is 18.8 Å². The van der Waals surface area contributed by atoms with Crippen molar-refractivity contribution in [3.63, 3.8) is 0 Å². The highest BCUT2D eigenvalue weighted by Gasteiger charge is 2.14. The SMILES string of the molecule is CN(C)C(=O)c1ccc(NC(=O)COC(=O)c2ccc(F)cc2Br)cc1. The molecule has 0 aliphatic heterocycles. The zero-order chi connectivity index (χ0) is 19.3. The third-order valence-electron chi connectivity index (χ3n) is 3.31. The Bertz CT molecular complexity index is 838. The Kier molecular flexibility index (Phi) is 6.46. The molecule has 0 fully saturated rings. The van der Waals surface area contributed by atoms with Gasteiger partial charge in [0.25, 0.3) is 11.8 Å². The zero-order valence-corrected chi connectivity index (χ0v) is 15.7. The minimum atomic E-state index is -0.751. The highest BCUT2D eigenvalue weighted by Crippen LogP contribution is 2.19. The maximum atomic E-state index is 13.0. The maximum absolute atomic E-state index is 13.0. The van der Waals surface area contributed by atoms with Gasteiger partial charge in [-0.3, -0.25) is 9.59 Å². The van der Waals surface area contributed by atoms with Crippen molar-refractivity contribution in [2.75, 3.05) is 26.0 Å². The van der Waals surface area contributed by atoms with E-state index in [2.05, 4.69) is 21.2 Å². The minimum absolute atomic E-state index is 0.116. The van der Waals surface area contributed by atoms with Gasteiger partial charge in [-0.2, -0.15) is 0 Å². The summed E-state index contributed by atoms with van der Waals surface area (Å²) in [5, 5.41) is 2.56. The van der Waals surface area contributed by atoms with E-state index < -0.39 is 24.3 Å². The molecule has 0 unspecified atom stereocenters. The van der Waals surface area contributed by atoms with Crippen molar-refractivity contribution in [2.45, 2.75) is 0 Å². The predicted octanol–water partition coefficient (Wildman–Crippen LogP) is 3.09. The third kappa shape index (κ3) is 5.13. The smallest absolute Gasteiger partial charge is 0.339 e. The van der Waals surface area contributed by atoms with Crippen LogP contribution in [-0.2, 0) is 9.53 Å². The van der Waals surface area contributed by atoms with Gasteiger partial charge in [0.15, 0.2) is 6.61 Å². The van der Waals surface area contributed by atoms with Crippen LogP contribution in [0.4, 0.5) is 10.1 Å². The molecule has 2 aromatic rings. The summed E-state index contributed by atoms with van der Waals surface area (Å²) in [4.78, 5) is 37.0. The van der Waals surface area contributed by atoms with E-state index in [1.54, 1.807) is 38.4 Å². The Hall–Kier alpha value is -2.74. The molecule has 0 heterocycles. The summed E-state index contributed by atoms with van der Waals surface area (Å²) in [7, 11) is 3.29. The molecule has 8 heteroatoms. The number of carbonyl (C=O) groups is 3. The van der Waals surface area contributed by atoms with Crippen LogP contribution in [0.25, 0.3) is 0 Å². The molecule has 136 valence electrons. The number of esters is 1. The van der Waals surface area contributed by atoms with Gasteiger partial charge in [-0.05, 0) is 58.4 Å². The first kappa shape index (κ1) is 19.6. The van der Waals surface area contributed by atoms with Crippen LogP contribution >= 0.6 is 15.9 Å². The fourth-order valence-electron chi connectivity index (χ4n) is 2.02. The Labute approximate surface area is 158 Å². The molecule has 0 saturated heterocycles. The molecule has 2 amide bonds. The number of hydrogen-bond acceptors (Lipinski definition) is 4. The summed E-state index contributed by atoms with van der Waals surface area (Å²) in [5.74, 6) is -1.94. The molecular weight excluding hydrogens is 407 g/mol. The molecule has 0 atom stereocenters. The van der Waals surface area contributed by atoms with E-state index >= 15 is 0 Å². The molecule has 0 aromatic heterocycles. The van der Waals surface area contributed by atoms with Crippen molar-refractivity contribution < 1.29 is 23.5 Å². The summed E-state index contributed by atoms with van der Waals surface area (Å²) >= 11 is 3.06. The largest absolute Gasteiger partial charge is 0.452 e. The van der Waals surface area contributed by atoms with Crippen LogP contribution in [-0.4, -0.2) is 43.4 Å². The van der Waals surface area contributed by atoms with E-state index in [1.165, 1.54) is 11.0 Å². The average Bonchev–Trinajstić information content (AvgIpc) is 2.59. The van der Waals surface area contributed by atoms with Crippen LogP contribution in [0, 0.1) is 5.82 Å². The second-order valence-corrected chi connectivity index (χ2v) is 6.38. The predicted molar refractivity (Wildman–Crippen MR) is 97.5 cm³/mol. The summed E-state index contributed by atoms with van der Waals surface area (Å²) in [6.45, 7) is -0.499. The van der Waals surface area contributed by atoms with Gasteiger partial charge >= 0.3 is 5.97 Å². The Morgan fingerprint density at radius 2 is 1.77 bits per heavy atom. The minimum Gasteiger partial charge on any atom is -0.452 e. The quantitative estimate of drug-likeness (QED) is 0.751. The van der Waals surface area contributed by atoms with Crippen molar-refractivity contribution in [1.29, 1.82) is 0 Å². The van der Waals surface area contributed by atoms with Crippen molar-refractivity contribution in [1.82, 2.24) is 4.90 Å². The van der Waals surface area contributed by atoms with Crippen LogP contribution in [0.15, 0.2) is 46.9 Å². The summed E-state index contributed by atoms with van der Waals surface area (Å²) in [6, 6.07) is 9.84. The van der Waals surface area contributed by atoms with Gasteiger partial charge < -0.3 is 15.0 Å². The second kappa shape index (κ2) is 8.57. The van der Waals surface area contributed by atoms with Crippen LogP contribution < -0.4 is 5.32 Å². The molecule has 6 nitrogen and oxygen atoms in total. The monoisotopic (exact) mass is 422 g/mol.